The number of aromatic nitrogens is 1. The summed E-state index contributed by atoms with van der Waals surface area (Å²) in [6.45, 7) is 3.06. The van der Waals surface area contributed by atoms with Gasteiger partial charge in [0.1, 0.15) is 17.3 Å². The highest BCUT2D eigenvalue weighted by Crippen LogP contribution is 2.38. The van der Waals surface area contributed by atoms with Gasteiger partial charge in [0.15, 0.2) is 9.84 Å². The van der Waals surface area contributed by atoms with Gasteiger partial charge in [-0.15, -0.1) is 0 Å². The Morgan fingerprint density at radius 2 is 1.68 bits per heavy atom. The summed E-state index contributed by atoms with van der Waals surface area (Å²) in [5.41, 5.74) is 0.505. The largest absolute Gasteiger partial charge is 0.457 e. The van der Waals surface area contributed by atoms with Crippen molar-refractivity contribution in [3.63, 3.8) is 0 Å². The van der Waals surface area contributed by atoms with Gasteiger partial charge in [-0.1, -0.05) is 31.2 Å². The summed E-state index contributed by atoms with van der Waals surface area (Å²) in [4.78, 5) is 3.92. The van der Waals surface area contributed by atoms with Crippen molar-refractivity contribution in [3.05, 3.63) is 83.8 Å². The smallest absolute Gasteiger partial charge is 0.418 e. The van der Waals surface area contributed by atoms with Crippen LogP contribution in [-0.4, -0.2) is 19.2 Å². The molecule has 0 spiro atoms. The number of para-hydroxylation sites is 1. The molecule has 0 N–H and O–H groups in total. The highest BCUT2D eigenvalue weighted by Gasteiger charge is 2.33. The van der Waals surface area contributed by atoms with E-state index in [1.54, 1.807) is 43.3 Å². The van der Waals surface area contributed by atoms with Gasteiger partial charge in [-0.3, -0.25) is 4.98 Å². The second kappa shape index (κ2) is 8.72. The Hall–Kier alpha value is -3.46. The van der Waals surface area contributed by atoms with Gasteiger partial charge < -0.3 is 4.74 Å². The van der Waals surface area contributed by atoms with E-state index in [2.05, 4.69) is 4.98 Å². The van der Waals surface area contributed by atoms with Crippen LogP contribution in [0.15, 0.2) is 71.6 Å². The van der Waals surface area contributed by atoms with Crippen molar-refractivity contribution in [2.75, 3.05) is 5.75 Å². The molecule has 4 rings (SSSR count). The molecular formula is C25H19F4NO3S. The standard InChI is InChI=1S/C25H19F4NO3S/c1-3-34(31,32)20-13-17(26)12-19(14-20)33-18-7-4-6-16(11-18)22-10-15(2)30-24-21(22)8-5-9-23(24)25(27,28)29/h4-14H,3H2,1-2H3. The van der Waals surface area contributed by atoms with Crippen molar-refractivity contribution in [1.82, 2.24) is 4.98 Å². The van der Waals surface area contributed by atoms with Gasteiger partial charge in [0.2, 0.25) is 0 Å². The molecule has 1 heterocycles. The van der Waals surface area contributed by atoms with E-state index >= 15 is 0 Å². The summed E-state index contributed by atoms with van der Waals surface area (Å²) in [6, 6.07) is 15.3. The van der Waals surface area contributed by atoms with Gasteiger partial charge in [-0.2, -0.15) is 13.2 Å². The van der Waals surface area contributed by atoms with Crippen LogP contribution in [0.3, 0.4) is 0 Å². The van der Waals surface area contributed by atoms with E-state index < -0.39 is 27.4 Å². The summed E-state index contributed by atoms with van der Waals surface area (Å²) >= 11 is 0. The molecule has 1 aromatic heterocycles. The molecule has 9 heteroatoms. The zero-order valence-electron chi connectivity index (χ0n) is 18.2. The van der Waals surface area contributed by atoms with Gasteiger partial charge in [-0.05, 0) is 54.4 Å². The monoisotopic (exact) mass is 489 g/mol. The van der Waals surface area contributed by atoms with Crippen LogP contribution in [0.1, 0.15) is 18.2 Å². The number of alkyl halides is 3. The number of halogens is 4. The third kappa shape index (κ3) is 4.75. The van der Waals surface area contributed by atoms with Crippen LogP contribution >= 0.6 is 0 Å². The first-order valence-corrected chi connectivity index (χ1v) is 11.9. The lowest BCUT2D eigenvalue weighted by Gasteiger charge is -2.14. The summed E-state index contributed by atoms with van der Waals surface area (Å²) in [7, 11) is -3.65. The Morgan fingerprint density at radius 3 is 2.38 bits per heavy atom. The molecule has 0 saturated carbocycles. The third-order valence-corrected chi connectivity index (χ3v) is 6.95. The molecule has 0 aliphatic heterocycles. The number of hydrogen-bond donors (Lipinski definition) is 0. The van der Waals surface area contributed by atoms with Gasteiger partial charge in [0.05, 0.1) is 21.7 Å². The Bertz CT molecular complexity index is 1500. The Balaban J connectivity index is 1.79. The summed E-state index contributed by atoms with van der Waals surface area (Å²) in [5.74, 6) is -0.715. The molecule has 0 atom stereocenters. The first-order chi connectivity index (χ1) is 16.0. The zero-order chi connectivity index (χ0) is 24.7. The molecule has 176 valence electrons. The highest BCUT2D eigenvalue weighted by atomic mass is 32.2. The number of pyridine rings is 1. The third-order valence-electron chi connectivity index (χ3n) is 5.24. The van der Waals surface area contributed by atoms with Gasteiger partial charge in [-0.25, -0.2) is 12.8 Å². The van der Waals surface area contributed by atoms with Crippen LogP contribution in [0.25, 0.3) is 22.0 Å². The second-order valence-corrected chi connectivity index (χ2v) is 9.94. The van der Waals surface area contributed by atoms with Gasteiger partial charge in [0, 0.05) is 17.1 Å². The summed E-state index contributed by atoms with van der Waals surface area (Å²) in [6.07, 6.45) is -4.56. The van der Waals surface area contributed by atoms with Crippen molar-refractivity contribution in [3.8, 4) is 22.6 Å². The van der Waals surface area contributed by atoms with Gasteiger partial charge in [0.25, 0.3) is 0 Å². The van der Waals surface area contributed by atoms with E-state index in [0.29, 0.717) is 22.2 Å². The second-order valence-electron chi connectivity index (χ2n) is 7.67. The molecular weight excluding hydrogens is 470 g/mol. The minimum Gasteiger partial charge on any atom is -0.457 e. The Labute approximate surface area is 193 Å². The SMILES string of the molecule is CCS(=O)(=O)c1cc(F)cc(Oc2cccc(-c3cc(C)nc4c(C(F)(F)F)cccc34)c2)c1. The predicted octanol–water partition coefficient (Wildman–Crippen LogP) is 6.95. The van der Waals surface area contributed by atoms with E-state index in [1.165, 1.54) is 19.1 Å². The van der Waals surface area contributed by atoms with Crippen molar-refractivity contribution < 1.29 is 30.7 Å². The fraction of sp³-hybridized carbons (Fsp3) is 0.160. The van der Waals surface area contributed by atoms with Crippen molar-refractivity contribution >= 4 is 20.7 Å². The number of nitrogens with zero attached hydrogens (tertiary/aromatic N) is 1. The van der Waals surface area contributed by atoms with Crippen LogP contribution in [0.4, 0.5) is 17.6 Å². The molecule has 0 amide bonds. The van der Waals surface area contributed by atoms with Gasteiger partial charge >= 0.3 is 6.18 Å². The van der Waals surface area contributed by atoms with E-state index in [9.17, 15) is 26.0 Å². The number of aryl methyl sites for hydroxylation is 1. The molecule has 0 aliphatic carbocycles. The van der Waals surface area contributed by atoms with E-state index in [-0.39, 0.29) is 27.7 Å². The maximum absolute atomic E-state index is 14.1. The maximum atomic E-state index is 14.1. The van der Waals surface area contributed by atoms with Crippen molar-refractivity contribution in [2.24, 2.45) is 0 Å². The van der Waals surface area contributed by atoms with Crippen molar-refractivity contribution in [2.45, 2.75) is 24.9 Å². The van der Waals surface area contributed by atoms with E-state index in [4.69, 9.17) is 4.74 Å². The lowest BCUT2D eigenvalue weighted by molar-refractivity contribution is -0.136. The topological polar surface area (TPSA) is 56.3 Å². The summed E-state index contributed by atoms with van der Waals surface area (Å²) < 4.78 is 84.7. The number of hydrogen-bond acceptors (Lipinski definition) is 4. The number of sulfone groups is 1. The van der Waals surface area contributed by atoms with Crippen LogP contribution < -0.4 is 4.74 Å². The number of fused-ring (bicyclic) bond motifs is 1. The maximum Gasteiger partial charge on any atom is 0.418 e. The zero-order valence-corrected chi connectivity index (χ0v) is 19.0. The molecule has 0 unspecified atom stereocenters. The minimum atomic E-state index is -4.56. The molecule has 3 aromatic carbocycles. The van der Waals surface area contributed by atoms with Crippen molar-refractivity contribution in [1.29, 1.82) is 0 Å². The quantitative estimate of drug-likeness (QED) is 0.285. The fourth-order valence-corrected chi connectivity index (χ4v) is 4.57. The number of ether oxygens (including phenoxy) is 1. The average Bonchev–Trinajstić information content (AvgIpc) is 2.77. The molecule has 0 aliphatic rings. The Kier molecular flexibility index (Phi) is 6.07. The van der Waals surface area contributed by atoms with Crippen LogP contribution in [0.5, 0.6) is 11.5 Å². The molecule has 34 heavy (non-hydrogen) atoms. The highest BCUT2D eigenvalue weighted by molar-refractivity contribution is 7.91. The predicted molar refractivity (Wildman–Crippen MR) is 121 cm³/mol. The van der Waals surface area contributed by atoms with E-state index in [0.717, 1.165) is 18.2 Å². The molecule has 4 nitrogen and oxygen atoms in total. The lowest BCUT2D eigenvalue weighted by atomic mass is 9.98. The fourth-order valence-electron chi connectivity index (χ4n) is 3.65. The Morgan fingerprint density at radius 1 is 0.941 bits per heavy atom. The average molecular weight is 489 g/mol. The first-order valence-electron chi connectivity index (χ1n) is 10.3. The first kappa shape index (κ1) is 23.7. The molecule has 0 radical (unpaired) electrons. The van der Waals surface area contributed by atoms with E-state index in [1.807, 2.05) is 0 Å². The summed E-state index contributed by atoms with van der Waals surface area (Å²) in [5, 5.41) is 0.319. The molecule has 0 bridgehead atoms. The number of rotatable bonds is 5. The van der Waals surface area contributed by atoms with Crippen LogP contribution in [0, 0.1) is 12.7 Å². The molecule has 4 aromatic rings. The molecule has 0 saturated heterocycles. The molecule has 0 fully saturated rings. The number of benzene rings is 3. The lowest BCUT2D eigenvalue weighted by Crippen LogP contribution is -2.07. The minimum absolute atomic E-state index is 0.0145. The normalized spacial score (nSPS) is 12.2. The van der Waals surface area contributed by atoms with Crippen LogP contribution in [0.2, 0.25) is 0 Å². The van der Waals surface area contributed by atoms with Crippen LogP contribution in [-0.2, 0) is 16.0 Å².